The molecule has 0 amide bonds. The minimum Gasteiger partial charge on any atom is -0.441 e. The molecule has 3 aliphatic rings. The predicted molar refractivity (Wildman–Crippen MR) is 317 cm³/mol. The largest absolute Gasteiger partial charge is 0.441 e. The number of H-pyrrole nitrogens is 1. The highest BCUT2D eigenvalue weighted by atomic mass is 19.4. The molecule has 24 heteroatoms. The van der Waals surface area contributed by atoms with Crippen LogP contribution >= 0.6 is 0 Å². The Kier molecular flexibility index (Phi) is 15.3. The Labute approximate surface area is 493 Å². The maximum Gasteiger partial charge on any atom is 0.420 e. The Morgan fingerprint density at radius 2 is 0.885 bits per heavy atom. The van der Waals surface area contributed by atoms with Gasteiger partial charge in [0.2, 0.25) is 0 Å². The zero-order valence-corrected chi connectivity index (χ0v) is 48.2. The second-order valence-corrected chi connectivity index (χ2v) is 22.7. The zero-order chi connectivity index (χ0) is 60.3. The van der Waals surface area contributed by atoms with Crippen molar-refractivity contribution in [3.8, 4) is 33.4 Å². The quantitative estimate of drug-likeness (QED) is 0.114. The SMILES string of the molecule is Cc1cn2cc(-c3cc(F)c4nc(C5CCNCC5)nnc4c3)cc(C(F)(F)F)c2n1.Cc1nc2c(C)cc(-c3cc(F)c4nc(C5CCNCC5)nnc4c3)cc2[nH]1.Cc1nc2c(C)cc(-c3cc(F)c4nc(C5CCNCC5)nnc4c3)cc2o1. The Hall–Kier alpha value is -9.00. The zero-order valence-electron chi connectivity index (χ0n) is 48.2. The number of piperidine rings is 3. The van der Waals surface area contributed by atoms with Crippen molar-refractivity contribution in [3.63, 3.8) is 0 Å². The normalized spacial score (nSPS) is 15.6. The number of hydrogen-bond acceptors (Lipinski definition) is 16. The molecule has 12 aromatic rings. The minimum atomic E-state index is -4.60. The summed E-state index contributed by atoms with van der Waals surface area (Å²) in [6, 6.07) is 18.3. The standard InChI is InChI=1S/C21H18F4N6.C21H21FN6.C21H20FN5O/c1-11-9-31-10-14(6-15(20(31)27-11)21(23,24)25)13-7-16(22)18-17(8-13)29-30-19(28-18)12-2-4-26-5-3-12;1-11-7-14(9-17-19(11)25-12(2)24-17)15-8-16(22)20-18(10-15)27-28-21(26-20)13-3-5-23-6-4-13;1-11-7-14(10-18-19(11)24-12(2)28-18)15-8-16(22)20-17(9-15)26-27-21(25-20)13-3-5-23-6-4-13/h6-10,12,26H,2-5H2,1H3;7-10,13,23H,3-6H2,1-2H3,(H,24,25);7-10,13,23H,3-6H2,1-2H3. The average Bonchev–Trinajstić information content (AvgIpc) is 2.12. The van der Waals surface area contributed by atoms with Gasteiger partial charge in [0.25, 0.3) is 0 Å². The molecule has 0 radical (unpaired) electrons. The summed E-state index contributed by atoms with van der Waals surface area (Å²) in [6.07, 6.45) is 3.88. The van der Waals surface area contributed by atoms with Crippen LogP contribution in [0, 0.1) is 52.1 Å². The maximum absolute atomic E-state index is 14.9. The molecule has 3 saturated heterocycles. The smallest absolute Gasteiger partial charge is 0.420 e. The minimum absolute atomic E-state index is 0.0721. The number of aromatic nitrogens is 14. The number of fused-ring (bicyclic) bond motifs is 6. The van der Waals surface area contributed by atoms with E-state index in [9.17, 15) is 26.3 Å². The Morgan fingerprint density at radius 1 is 0.448 bits per heavy atom. The predicted octanol–water partition coefficient (Wildman–Crippen LogP) is 12.1. The van der Waals surface area contributed by atoms with Gasteiger partial charge in [-0.2, -0.15) is 13.2 Å². The van der Waals surface area contributed by atoms with Crippen LogP contribution < -0.4 is 16.0 Å². The highest BCUT2D eigenvalue weighted by Crippen LogP contribution is 2.38. The monoisotopic (exact) mass is 1180 g/mol. The molecule has 0 atom stereocenters. The number of pyridine rings is 1. The topological polar surface area (TPSA) is 224 Å². The van der Waals surface area contributed by atoms with E-state index >= 15 is 0 Å². The van der Waals surface area contributed by atoms with E-state index in [1.165, 1.54) is 41.1 Å². The number of aromatic amines is 1. The molecule has 15 rings (SSSR count). The van der Waals surface area contributed by atoms with Crippen LogP contribution in [0.3, 0.4) is 0 Å². The number of halogens is 6. The molecule has 5 aromatic carbocycles. The molecule has 3 fully saturated rings. The van der Waals surface area contributed by atoms with E-state index in [-0.39, 0.29) is 62.7 Å². The molecule has 0 aliphatic carbocycles. The van der Waals surface area contributed by atoms with Crippen LogP contribution in [-0.2, 0) is 6.18 Å². The summed E-state index contributed by atoms with van der Waals surface area (Å²) >= 11 is 0. The van der Waals surface area contributed by atoms with E-state index in [2.05, 4.69) is 81.4 Å². The van der Waals surface area contributed by atoms with Crippen LogP contribution in [0.2, 0.25) is 0 Å². The second-order valence-electron chi connectivity index (χ2n) is 22.7. The van der Waals surface area contributed by atoms with Crippen molar-refractivity contribution in [2.24, 2.45) is 0 Å². The van der Waals surface area contributed by atoms with Gasteiger partial charge in [0.15, 0.2) is 46.4 Å². The number of alkyl halides is 3. The molecule has 0 saturated carbocycles. The number of oxazole rings is 1. The van der Waals surface area contributed by atoms with Gasteiger partial charge in [-0.3, -0.25) is 0 Å². The maximum atomic E-state index is 14.9. The van der Waals surface area contributed by atoms with E-state index in [0.29, 0.717) is 51.2 Å². The lowest BCUT2D eigenvalue weighted by atomic mass is 9.97. The Bertz CT molecular complexity index is 4410. The number of hydrogen-bond donors (Lipinski definition) is 4. The highest BCUT2D eigenvalue weighted by molar-refractivity contribution is 5.89. The number of rotatable bonds is 6. The van der Waals surface area contributed by atoms with Gasteiger partial charge in [-0.15, -0.1) is 30.6 Å². The van der Waals surface area contributed by atoms with Crippen molar-refractivity contribution in [3.05, 3.63) is 148 Å². The van der Waals surface area contributed by atoms with Gasteiger partial charge in [0.05, 0.1) is 22.3 Å². The van der Waals surface area contributed by atoms with Crippen LogP contribution in [0.1, 0.15) is 108 Å². The van der Waals surface area contributed by atoms with Crippen LogP contribution in [-0.4, -0.2) is 109 Å². The first-order chi connectivity index (χ1) is 42.0. The van der Waals surface area contributed by atoms with Crippen LogP contribution in [0.5, 0.6) is 0 Å². The van der Waals surface area contributed by atoms with Gasteiger partial charge in [0, 0.05) is 37.1 Å². The van der Waals surface area contributed by atoms with Crippen molar-refractivity contribution in [2.45, 2.75) is 97.1 Å². The van der Waals surface area contributed by atoms with Crippen molar-refractivity contribution in [2.75, 3.05) is 39.3 Å². The van der Waals surface area contributed by atoms with Gasteiger partial charge >= 0.3 is 6.18 Å². The van der Waals surface area contributed by atoms with Crippen molar-refractivity contribution >= 4 is 60.9 Å². The summed E-state index contributed by atoms with van der Waals surface area (Å²) in [6.45, 7) is 14.7. The van der Waals surface area contributed by atoms with E-state index in [4.69, 9.17) is 4.42 Å². The van der Waals surface area contributed by atoms with Crippen LogP contribution in [0.25, 0.3) is 94.3 Å². The van der Waals surface area contributed by atoms with Crippen LogP contribution in [0.15, 0.2) is 83.5 Å². The molecule has 0 bridgehead atoms. The molecular weight excluding hydrogens is 1120 g/mol. The first-order valence-corrected chi connectivity index (χ1v) is 29.0. The fraction of sp³-hybridized carbons (Fsp3) is 0.333. The molecule has 0 spiro atoms. The van der Waals surface area contributed by atoms with E-state index < -0.39 is 17.6 Å². The number of aryl methyl sites for hydroxylation is 5. The lowest BCUT2D eigenvalue weighted by Gasteiger charge is -2.20. The van der Waals surface area contributed by atoms with E-state index in [0.717, 1.165) is 140 Å². The number of benzene rings is 5. The molecular formula is C63H59F6N17O. The number of nitrogens with one attached hydrogen (secondary N) is 4. The fourth-order valence-corrected chi connectivity index (χ4v) is 11.9. The van der Waals surface area contributed by atoms with Crippen LogP contribution in [0.4, 0.5) is 26.3 Å². The first-order valence-electron chi connectivity index (χ1n) is 29.0. The molecule has 3 aliphatic heterocycles. The van der Waals surface area contributed by atoms with E-state index in [1.807, 2.05) is 64.1 Å². The Morgan fingerprint density at radius 3 is 1.36 bits per heavy atom. The summed E-state index contributed by atoms with van der Waals surface area (Å²) < 4.78 is 92.6. The lowest BCUT2D eigenvalue weighted by Crippen LogP contribution is -2.27. The summed E-state index contributed by atoms with van der Waals surface area (Å²) in [5.41, 5.74) is 10.3. The molecule has 4 N–H and O–H groups in total. The lowest BCUT2D eigenvalue weighted by molar-refractivity contribution is -0.136. The third-order valence-corrected chi connectivity index (χ3v) is 16.4. The average molecular weight is 1180 g/mol. The molecule has 0 unspecified atom stereocenters. The summed E-state index contributed by atoms with van der Waals surface area (Å²) in [7, 11) is 0. The van der Waals surface area contributed by atoms with Gasteiger partial charge < -0.3 is 29.8 Å². The summed E-state index contributed by atoms with van der Waals surface area (Å²) in [4.78, 5) is 29.5. The second kappa shape index (κ2) is 23.4. The summed E-state index contributed by atoms with van der Waals surface area (Å²) in [5, 5.41) is 35.4. The molecule has 87 heavy (non-hydrogen) atoms. The summed E-state index contributed by atoms with van der Waals surface area (Å²) in [5.74, 6) is 2.44. The molecule has 10 heterocycles. The number of nitrogens with zero attached hydrogens (tertiary/aromatic N) is 13. The first kappa shape index (κ1) is 57.1. The highest BCUT2D eigenvalue weighted by Gasteiger charge is 2.35. The van der Waals surface area contributed by atoms with Crippen molar-refractivity contribution < 1.29 is 30.8 Å². The fourth-order valence-electron chi connectivity index (χ4n) is 11.9. The third kappa shape index (κ3) is 11.7. The third-order valence-electron chi connectivity index (χ3n) is 16.4. The number of imidazole rings is 2. The van der Waals surface area contributed by atoms with Gasteiger partial charge in [-0.1, -0.05) is 0 Å². The Balaban J connectivity index is 0.000000121. The molecule has 444 valence electrons. The molecule has 18 nitrogen and oxygen atoms in total. The van der Waals surface area contributed by atoms with E-state index in [1.54, 1.807) is 6.92 Å². The molecule has 7 aromatic heterocycles. The van der Waals surface area contributed by atoms with Gasteiger partial charge in [-0.05, 0) is 217 Å². The van der Waals surface area contributed by atoms with Gasteiger partial charge in [-0.25, -0.2) is 43.1 Å². The van der Waals surface area contributed by atoms with Gasteiger partial charge in [0.1, 0.15) is 50.1 Å². The van der Waals surface area contributed by atoms with Crippen molar-refractivity contribution in [1.29, 1.82) is 0 Å². The van der Waals surface area contributed by atoms with Crippen molar-refractivity contribution in [1.82, 2.24) is 85.8 Å².